The summed E-state index contributed by atoms with van der Waals surface area (Å²) in [6.07, 6.45) is 4.51. The second kappa shape index (κ2) is 9.27. The molecule has 0 saturated carbocycles. The Kier molecular flexibility index (Phi) is 6.06. The normalized spacial score (nSPS) is 13.9. The number of aryl methyl sites for hydroxylation is 2. The molecule has 0 radical (unpaired) electrons. The zero-order chi connectivity index (χ0) is 21.9. The Morgan fingerprint density at radius 2 is 1.84 bits per heavy atom. The number of anilines is 2. The molecule has 32 heavy (non-hydrogen) atoms. The summed E-state index contributed by atoms with van der Waals surface area (Å²) >= 11 is 3.47. The number of amides is 1. The number of aromatic nitrogens is 1. The van der Waals surface area contributed by atoms with E-state index in [1.165, 1.54) is 33.7 Å². The SMILES string of the molecule is Cc1cccc(N[C@H](c2cccs2)c2c(NC(=O)c3ccccc3)sc3c2CCCC3)n1. The summed E-state index contributed by atoms with van der Waals surface area (Å²) in [5.41, 5.74) is 4.23. The van der Waals surface area contributed by atoms with E-state index in [2.05, 4.69) is 28.1 Å². The molecular formula is C26H25N3OS2. The number of hydrogen-bond acceptors (Lipinski definition) is 5. The summed E-state index contributed by atoms with van der Waals surface area (Å²) in [5, 5.41) is 9.98. The quantitative estimate of drug-likeness (QED) is 0.332. The number of hydrogen-bond donors (Lipinski definition) is 2. The van der Waals surface area contributed by atoms with Gasteiger partial charge >= 0.3 is 0 Å². The van der Waals surface area contributed by atoms with Crippen LogP contribution in [0.2, 0.25) is 0 Å². The zero-order valence-electron chi connectivity index (χ0n) is 17.9. The summed E-state index contributed by atoms with van der Waals surface area (Å²) in [6.45, 7) is 2.00. The molecule has 0 bridgehead atoms. The standard InChI is InChI=1S/C26H25N3OS2/c1-17-9-7-15-22(27-17)28-24(21-14-8-16-31-21)23-19-12-5-6-13-20(19)32-26(23)29-25(30)18-10-3-2-4-11-18/h2-4,7-11,14-16,24H,5-6,12-13H2,1H3,(H,27,28)(H,29,30)/t24-/m1/s1. The minimum Gasteiger partial charge on any atom is -0.358 e. The van der Waals surface area contributed by atoms with Gasteiger partial charge in [-0.3, -0.25) is 4.79 Å². The number of benzene rings is 1. The second-order valence-electron chi connectivity index (χ2n) is 8.03. The van der Waals surface area contributed by atoms with Crippen LogP contribution in [0.1, 0.15) is 55.8 Å². The average Bonchev–Trinajstić information content (AvgIpc) is 3.46. The molecule has 1 aliphatic rings. The molecule has 2 N–H and O–H groups in total. The van der Waals surface area contributed by atoms with E-state index in [-0.39, 0.29) is 11.9 Å². The maximum Gasteiger partial charge on any atom is 0.256 e. The Morgan fingerprint density at radius 1 is 1.00 bits per heavy atom. The van der Waals surface area contributed by atoms with Gasteiger partial charge in [-0.2, -0.15) is 0 Å². The Balaban J connectivity index is 1.58. The molecule has 0 fully saturated rings. The van der Waals surface area contributed by atoms with Crippen molar-refractivity contribution in [1.82, 2.24) is 4.98 Å². The fourth-order valence-electron chi connectivity index (χ4n) is 4.27. The molecule has 1 atom stereocenters. The van der Waals surface area contributed by atoms with Crippen molar-refractivity contribution in [3.63, 3.8) is 0 Å². The van der Waals surface area contributed by atoms with Gasteiger partial charge in [0.05, 0.1) is 6.04 Å². The van der Waals surface area contributed by atoms with Crippen molar-refractivity contribution in [2.75, 3.05) is 10.6 Å². The van der Waals surface area contributed by atoms with E-state index in [1.807, 2.05) is 55.5 Å². The van der Waals surface area contributed by atoms with Gasteiger partial charge in [-0.15, -0.1) is 22.7 Å². The van der Waals surface area contributed by atoms with Crippen molar-refractivity contribution in [1.29, 1.82) is 0 Å². The highest BCUT2D eigenvalue weighted by Gasteiger charge is 2.29. The third kappa shape index (κ3) is 4.33. The lowest BCUT2D eigenvalue weighted by molar-refractivity contribution is 0.102. The lowest BCUT2D eigenvalue weighted by Gasteiger charge is -2.23. The maximum atomic E-state index is 13.1. The lowest BCUT2D eigenvalue weighted by atomic mass is 9.91. The van der Waals surface area contributed by atoms with Crippen LogP contribution in [-0.4, -0.2) is 10.9 Å². The van der Waals surface area contributed by atoms with Crippen LogP contribution in [0.15, 0.2) is 66.0 Å². The van der Waals surface area contributed by atoms with Crippen LogP contribution >= 0.6 is 22.7 Å². The predicted molar refractivity (Wildman–Crippen MR) is 134 cm³/mol. The minimum atomic E-state index is -0.0657. The summed E-state index contributed by atoms with van der Waals surface area (Å²) in [4.78, 5) is 20.4. The van der Waals surface area contributed by atoms with E-state index >= 15 is 0 Å². The number of pyridine rings is 1. The van der Waals surface area contributed by atoms with Gasteiger partial charge in [-0.1, -0.05) is 30.3 Å². The van der Waals surface area contributed by atoms with Gasteiger partial charge in [0.15, 0.2) is 0 Å². The topological polar surface area (TPSA) is 54.0 Å². The molecule has 0 unspecified atom stereocenters. The van der Waals surface area contributed by atoms with E-state index in [4.69, 9.17) is 4.98 Å². The first kappa shape index (κ1) is 20.9. The Morgan fingerprint density at radius 3 is 2.62 bits per heavy atom. The molecule has 4 aromatic rings. The molecule has 4 nitrogen and oxygen atoms in total. The fraction of sp³-hybridized carbons (Fsp3) is 0.231. The number of thiophene rings is 2. The van der Waals surface area contributed by atoms with Crippen LogP contribution in [0.4, 0.5) is 10.8 Å². The van der Waals surface area contributed by atoms with Crippen LogP contribution in [0.3, 0.4) is 0 Å². The van der Waals surface area contributed by atoms with Crippen LogP contribution in [0.5, 0.6) is 0 Å². The first-order valence-corrected chi connectivity index (χ1v) is 12.6. The number of carbonyl (C=O) groups excluding carboxylic acids is 1. The van der Waals surface area contributed by atoms with Crippen LogP contribution < -0.4 is 10.6 Å². The first-order chi connectivity index (χ1) is 15.7. The highest BCUT2D eigenvalue weighted by atomic mass is 32.1. The molecule has 3 heterocycles. The summed E-state index contributed by atoms with van der Waals surface area (Å²) in [5.74, 6) is 0.781. The molecule has 3 aromatic heterocycles. The zero-order valence-corrected chi connectivity index (χ0v) is 19.6. The minimum absolute atomic E-state index is 0.0616. The molecule has 162 valence electrons. The van der Waals surface area contributed by atoms with Gasteiger partial charge in [-0.05, 0) is 73.9 Å². The van der Waals surface area contributed by atoms with Crippen molar-refractivity contribution in [3.05, 3.63) is 98.2 Å². The third-order valence-corrected chi connectivity index (χ3v) is 7.93. The van der Waals surface area contributed by atoms with Crippen LogP contribution in [0.25, 0.3) is 0 Å². The smallest absolute Gasteiger partial charge is 0.256 e. The van der Waals surface area contributed by atoms with Gasteiger partial charge in [0.1, 0.15) is 10.8 Å². The van der Waals surface area contributed by atoms with Gasteiger partial charge in [-0.25, -0.2) is 4.98 Å². The second-order valence-corrected chi connectivity index (χ2v) is 10.1. The molecule has 0 aliphatic heterocycles. The summed E-state index contributed by atoms with van der Waals surface area (Å²) in [6, 6.07) is 19.7. The Hall–Kier alpha value is -2.96. The third-order valence-electron chi connectivity index (χ3n) is 5.77. The van der Waals surface area contributed by atoms with Crippen molar-refractivity contribution < 1.29 is 4.79 Å². The van der Waals surface area contributed by atoms with Crippen molar-refractivity contribution >= 4 is 39.4 Å². The van der Waals surface area contributed by atoms with Crippen molar-refractivity contribution in [2.24, 2.45) is 0 Å². The van der Waals surface area contributed by atoms with Gasteiger partial charge in [0.2, 0.25) is 0 Å². The number of rotatable bonds is 6. The number of nitrogens with zero attached hydrogens (tertiary/aromatic N) is 1. The number of fused-ring (bicyclic) bond motifs is 1. The van der Waals surface area contributed by atoms with E-state index in [1.54, 1.807) is 22.7 Å². The monoisotopic (exact) mass is 459 g/mol. The van der Waals surface area contributed by atoms with E-state index in [9.17, 15) is 4.79 Å². The summed E-state index contributed by atoms with van der Waals surface area (Å²) in [7, 11) is 0. The van der Waals surface area contributed by atoms with Crippen LogP contribution in [-0.2, 0) is 12.8 Å². The summed E-state index contributed by atoms with van der Waals surface area (Å²) < 4.78 is 0. The highest BCUT2D eigenvalue weighted by molar-refractivity contribution is 7.16. The predicted octanol–water partition coefficient (Wildman–Crippen LogP) is 6.85. The average molecular weight is 460 g/mol. The first-order valence-electron chi connectivity index (χ1n) is 10.9. The van der Waals surface area contributed by atoms with Gasteiger partial charge in [0, 0.05) is 26.6 Å². The van der Waals surface area contributed by atoms with Crippen molar-refractivity contribution in [2.45, 2.75) is 38.6 Å². The highest BCUT2D eigenvalue weighted by Crippen LogP contribution is 2.45. The molecule has 6 heteroatoms. The van der Waals surface area contributed by atoms with Gasteiger partial charge in [0.25, 0.3) is 5.91 Å². The van der Waals surface area contributed by atoms with E-state index in [0.29, 0.717) is 5.56 Å². The maximum absolute atomic E-state index is 13.1. The Bertz CT molecular complexity index is 1220. The fourth-order valence-corrected chi connectivity index (χ4v) is 6.37. The van der Waals surface area contributed by atoms with Gasteiger partial charge < -0.3 is 10.6 Å². The van der Waals surface area contributed by atoms with Crippen LogP contribution in [0, 0.1) is 6.92 Å². The number of carbonyl (C=O) groups is 1. The van der Waals surface area contributed by atoms with E-state index < -0.39 is 0 Å². The number of nitrogens with one attached hydrogen (secondary N) is 2. The lowest BCUT2D eigenvalue weighted by Crippen LogP contribution is -2.18. The molecule has 5 rings (SSSR count). The molecular weight excluding hydrogens is 434 g/mol. The molecule has 1 aliphatic carbocycles. The molecule has 1 amide bonds. The molecule has 0 saturated heterocycles. The molecule has 0 spiro atoms. The largest absolute Gasteiger partial charge is 0.358 e. The van der Waals surface area contributed by atoms with Crippen molar-refractivity contribution in [3.8, 4) is 0 Å². The Labute approximate surface area is 196 Å². The molecule has 1 aromatic carbocycles. The van der Waals surface area contributed by atoms with E-state index in [0.717, 1.165) is 29.4 Å².